The molecule has 7 nitrogen and oxygen atoms in total. The van der Waals surface area contributed by atoms with Gasteiger partial charge in [0.25, 0.3) is 0 Å². The number of urea groups is 1. The van der Waals surface area contributed by atoms with Crippen molar-refractivity contribution in [1.29, 1.82) is 5.26 Å². The molecule has 2 amide bonds. The van der Waals surface area contributed by atoms with Gasteiger partial charge < -0.3 is 19.7 Å². The molecule has 1 N–H and O–H groups in total. The Balaban J connectivity index is 1.34. The first kappa shape index (κ1) is 26.5. The number of nitrogens with zero attached hydrogens (tertiary/aromatic N) is 3. The molecule has 3 aromatic rings. The van der Waals surface area contributed by atoms with Crippen LogP contribution in [0.15, 0.2) is 72.8 Å². The van der Waals surface area contributed by atoms with Crippen LogP contribution in [0.2, 0.25) is 5.02 Å². The van der Waals surface area contributed by atoms with Crippen LogP contribution in [-0.2, 0) is 17.9 Å². The Morgan fingerprint density at radius 1 is 1.05 bits per heavy atom. The van der Waals surface area contributed by atoms with Crippen molar-refractivity contribution in [2.24, 2.45) is 0 Å². The van der Waals surface area contributed by atoms with Gasteiger partial charge in [-0.3, -0.25) is 4.90 Å². The maximum atomic E-state index is 12.7. The number of hydrogen-bond donors (Lipinski definition) is 1. The van der Waals surface area contributed by atoms with Crippen molar-refractivity contribution >= 4 is 17.6 Å². The van der Waals surface area contributed by atoms with Crippen LogP contribution in [0.25, 0.3) is 0 Å². The summed E-state index contributed by atoms with van der Waals surface area (Å²) in [5.74, 6) is 0.782. The Kier molecular flexibility index (Phi) is 9.39. The summed E-state index contributed by atoms with van der Waals surface area (Å²) >= 11 is 6.20. The number of carbonyl (C=O) groups excluding carboxylic acids is 1. The molecular formula is C29H31ClN4O3. The molecule has 0 aliphatic carbocycles. The molecule has 1 unspecified atom stereocenters. The van der Waals surface area contributed by atoms with Crippen LogP contribution in [0.3, 0.4) is 0 Å². The van der Waals surface area contributed by atoms with E-state index in [9.17, 15) is 4.79 Å². The summed E-state index contributed by atoms with van der Waals surface area (Å²) in [5, 5.41) is 12.7. The van der Waals surface area contributed by atoms with Gasteiger partial charge in [-0.05, 0) is 47.0 Å². The molecule has 8 heteroatoms. The van der Waals surface area contributed by atoms with Gasteiger partial charge in [0.05, 0.1) is 31.5 Å². The lowest BCUT2D eigenvalue weighted by Crippen LogP contribution is -2.52. The number of piperazine rings is 1. The number of nitriles is 1. The topological polar surface area (TPSA) is 77.8 Å². The highest BCUT2D eigenvalue weighted by Crippen LogP contribution is 2.25. The minimum atomic E-state index is -0.175. The van der Waals surface area contributed by atoms with Gasteiger partial charge in [0, 0.05) is 44.3 Å². The van der Waals surface area contributed by atoms with Crippen molar-refractivity contribution < 1.29 is 14.3 Å². The number of amides is 2. The van der Waals surface area contributed by atoms with E-state index in [0.29, 0.717) is 43.4 Å². The number of benzene rings is 3. The van der Waals surface area contributed by atoms with Crippen LogP contribution in [0.4, 0.5) is 4.79 Å². The zero-order chi connectivity index (χ0) is 26.0. The van der Waals surface area contributed by atoms with E-state index in [1.807, 2.05) is 65.6 Å². The summed E-state index contributed by atoms with van der Waals surface area (Å²) in [4.78, 5) is 16.9. The predicted molar refractivity (Wildman–Crippen MR) is 143 cm³/mol. The number of hydrogen-bond acceptors (Lipinski definition) is 5. The number of rotatable bonds is 9. The molecule has 192 valence electrons. The van der Waals surface area contributed by atoms with Crippen LogP contribution < -0.4 is 10.1 Å². The van der Waals surface area contributed by atoms with E-state index in [-0.39, 0.29) is 12.1 Å². The van der Waals surface area contributed by atoms with Crippen molar-refractivity contribution in [3.8, 4) is 11.8 Å². The first-order valence-electron chi connectivity index (χ1n) is 12.3. The molecule has 0 aromatic heterocycles. The first-order valence-corrected chi connectivity index (χ1v) is 12.7. The van der Waals surface area contributed by atoms with E-state index < -0.39 is 0 Å². The van der Waals surface area contributed by atoms with Gasteiger partial charge in [-0.2, -0.15) is 5.26 Å². The summed E-state index contributed by atoms with van der Waals surface area (Å²) in [6.45, 7) is 4.29. The van der Waals surface area contributed by atoms with E-state index in [2.05, 4.69) is 16.3 Å². The zero-order valence-electron chi connectivity index (χ0n) is 20.9. The van der Waals surface area contributed by atoms with Crippen LogP contribution in [0.5, 0.6) is 5.75 Å². The summed E-state index contributed by atoms with van der Waals surface area (Å²) in [5.41, 5.74) is 3.57. The number of carbonyl (C=O) groups is 1. The minimum Gasteiger partial charge on any atom is -0.497 e. The smallest absolute Gasteiger partial charge is 0.317 e. The first-order chi connectivity index (χ1) is 18.1. The Hall–Kier alpha value is -3.57. The van der Waals surface area contributed by atoms with Crippen LogP contribution >= 0.6 is 11.6 Å². The second-order valence-corrected chi connectivity index (χ2v) is 9.33. The summed E-state index contributed by atoms with van der Waals surface area (Å²) in [6.07, 6.45) is -0.175. The number of ether oxygens (including phenoxy) is 2. The average Bonchev–Trinajstić information content (AvgIpc) is 2.95. The Bertz CT molecular complexity index is 1220. The maximum Gasteiger partial charge on any atom is 0.317 e. The van der Waals surface area contributed by atoms with Crippen molar-refractivity contribution in [2.45, 2.75) is 19.3 Å². The van der Waals surface area contributed by atoms with Gasteiger partial charge >= 0.3 is 6.03 Å². The highest BCUT2D eigenvalue weighted by molar-refractivity contribution is 6.31. The number of nitrogens with one attached hydrogen (secondary N) is 1. The molecule has 0 bridgehead atoms. The highest BCUT2D eigenvalue weighted by Gasteiger charge is 2.24. The molecule has 1 heterocycles. The largest absolute Gasteiger partial charge is 0.497 e. The van der Waals surface area contributed by atoms with E-state index in [4.69, 9.17) is 26.3 Å². The monoisotopic (exact) mass is 518 g/mol. The Morgan fingerprint density at radius 2 is 1.81 bits per heavy atom. The van der Waals surface area contributed by atoms with E-state index in [1.54, 1.807) is 19.2 Å². The maximum absolute atomic E-state index is 12.7. The fraction of sp³-hybridized carbons (Fsp3) is 0.310. The lowest BCUT2D eigenvalue weighted by Gasteiger charge is -2.36. The minimum absolute atomic E-state index is 0.0824. The molecule has 1 atom stereocenters. The molecule has 0 saturated carbocycles. The van der Waals surface area contributed by atoms with Gasteiger partial charge in [0.15, 0.2) is 0 Å². The van der Waals surface area contributed by atoms with Crippen LogP contribution in [0, 0.1) is 11.3 Å². The normalized spacial score (nSPS) is 14.6. The third-order valence-electron chi connectivity index (χ3n) is 6.47. The van der Waals surface area contributed by atoms with Crippen molar-refractivity contribution in [3.05, 3.63) is 100 Å². The third kappa shape index (κ3) is 7.46. The molecule has 0 radical (unpaired) electrons. The van der Waals surface area contributed by atoms with E-state index >= 15 is 0 Å². The standard InChI is InChI=1S/C29H31ClN4O3/c1-36-26-7-4-6-24(17-26)28(37-21-23-11-9-22(18-31)10-12-23)20-33-13-15-34(16-14-33)29(35)32-19-25-5-2-3-8-27(25)30/h2-12,17,28H,13-16,19-21H2,1H3,(H,32,35). The number of halogens is 1. The van der Waals surface area contributed by atoms with Gasteiger partial charge in [-0.15, -0.1) is 0 Å². The van der Waals surface area contributed by atoms with E-state index in [1.165, 1.54) is 0 Å². The predicted octanol–water partition coefficient (Wildman–Crippen LogP) is 5.01. The molecule has 3 aromatic carbocycles. The SMILES string of the molecule is COc1cccc(C(CN2CCN(C(=O)NCc3ccccc3Cl)CC2)OCc2ccc(C#N)cc2)c1. The molecule has 1 aliphatic heterocycles. The molecule has 37 heavy (non-hydrogen) atoms. The average molecular weight is 519 g/mol. The fourth-order valence-electron chi connectivity index (χ4n) is 4.26. The van der Waals surface area contributed by atoms with Gasteiger partial charge in [0.1, 0.15) is 5.75 Å². The van der Waals surface area contributed by atoms with Crippen molar-refractivity contribution in [1.82, 2.24) is 15.1 Å². The van der Waals surface area contributed by atoms with Crippen LogP contribution in [0.1, 0.15) is 28.4 Å². The lowest BCUT2D eigenvalue weighted by atomic mass is 10.1. The second-order valence-electron chi connectivity index (χ2n) is 8.92. The highest BCUT2D eigenvalue weighted by atomic mass is 35.5. The van der Waals surface area contributed by atoms with Crippen molar-refractivity contribution in [3.63, 3.8) is 0 Å². The summed E-state index contributed by atoms with van der Waals surface area (Å²) in [7, 11) is 1.65. The Labute approximate surface area is 223 Å². The van der Waals surface area contributed by atoms with Gasteiger partial charge in [0.2, 0.25) is 0 Å². The van der Waals surface area contributed by atoms with Gasteiger partial charge in [-0.1, -0.05) is 54.1 Å². The number of methoxy groups -OCH3 is 1. The summed E-state index contributed by atoms with van der Waals surface area (Å²) < 4.78 is 11.8. The lowest BCUT2D eigenvalue weighted by molar-refractivity contribution is 0.00546. The quantitative estimate of drug-likeness (QED) is 0.431. The molecule has 1 fully saturated rings. The molecule has 0 spiro atoms. The van der Waals surface area contributed by atoms with E-state index in [0.717, 1.165) is 35.5 Å². The Morgan fingerprint density at radius 3 is 2.51 bits per heavy atom. The zero-order valence-corrected chi connectivity index (χ0v) is 21.7. The molecule has 1 aliphatic rings. The fourth-order valence-corrected chi connectivity index (χ4v) is 4.46. The van der Waals surface area contributed by atoms with Gasteiger partial charge in [-0.25, -0.2) is 4.79 Å². The van der Waals surface area contributed by atoms with Crippen molar-refractivity contribution in [2.75, 3.05) is 39.8 Å². The molecule has 1 saturated heterocycles. The third-order valence-corrected chi connectivity index (χ3v) is 6.84. The molecular weight excluding hydrogens is 488 g/mol. The molecule has 4 rings (SSSR count). The second kappa shape index (κ2) is 13.1. The van der Waals surface area contributed by atoms with Crippen LogP contribution in [-0.4, -0.2) is 55.7 Å². The summed E-state index contributed by atoms with van der Waals surface area (Å²) in [6, 6.07) is 25.0.